The van der Waals surface area contributed by atoms with Gasteiger partial charge in [-0.2, -0.15) is 13.2 Å². The van der Waals surface area contributed by atoms with E-state index in [1.807, 2.05) is 0 Å². The average Bonchev–Trinajstić information content (AvgIpc) is 2.67. The monoisotopic (exact) mass is 442 g/mol. The molecule has 0 unspecified atom stereocenters. The second kappa shape index (κ2) is 9.41. The van der Waals surface area contributed by atoms with E-state index in [1.54, 1.807) is 5.32 Å². The highest BCUT2D eigenvalue weighted by Crippen LogP contribution is 2.25. The first kappa shape index (κ1) is 23.6. The molecule has 0 fully saturated rings. The van der Waals surface area contributed by atoms with Crippen molar-refractivity contribution in [2.75, 3.05) is 23.7 Å². The van der Waals surface area contributed by atoms with Crippen LogP contribution in [0.2, 0.25) is 0 Å². The summed E-state index contributed by atoms with van der Waals surface area (Å²) in [7, 11) is 0. The number of nitro benzene ring substituents is 1. The number of nitro groups is 1. The quantitative estimate of drug-likeness (QED) is 0.344. The fourth-order valence-electron chi connectivity index (χ4n) is 2.60. The Labute approximate surface area is 173 Å². The lowest BCUT2D eigenvalue weighted by molar-refractivity contribution is -0.385. The number of alkyl halides is 3. The van der Waals surface area contributed by atoms with E-state index in [0.717, 1.165) is 12.1 Å². The van der Waals surface area contributed by atoms with Gasteiger partial charge < -0.3 is 16.0 Å². The molecule has 0 saturated heterocycles. The van der Waals surface area contributed by atoms with E-state index in [2.05, 4.69) is 10.6 Å². The van der Waals surface area contributed by atoms with Crippen molar-refractivity contribution < 1.29 is 32.1 Å². The number of amides is 2. The zero-order valence-corrected chi connectivity index (χ0v) is 16.4. The summed E-state index contributed by atoms with van der Waals surface area (Å²) in [5.74, 6) is -2.59. The first-order valence-corrected chi connectivity index (χ1v) is 8.82. The predicted octanol–water partition coefficient (Wildman–Crippen LogP) is 3.69. The van der Waals surface area contributed by atoms with Gasteiger partial charge >= 0.3 is 6.18 Å². The summed E-state index contributed by atoms with van der Waals surface area (Å²) in [6.45, 7) is 0.854. The van der Waals surface area contributed by atoms with Gasteiger partial charge in [-0.1, -0.05) is 6.07 Å². The molecule has 0 saturated carbocycles. The van der Waals surface area contributed by atoms with Crippen LogP contribution in [0.3, 0.4) is 0 Å². The molecule has 0 aliphatic heterocycles. The van der Waals surface area contributed by atoms with Crippen LogP contribution in [0, 0.1) is 29.8 Å². The zero-order valence-electron chi connectivity index (χ0n) is 16.4. The summed E-state index contributed by atoms with van der Waals surface area (Å²) in [6, 6.07) is 6.06. The summed E-state index contributed by atoms with van der Waals surface area (Å²) in [5.41, 5.74) is -0.00334. The fraction of sp³-hybridized carbons (Fsp3) is 0.263. The van der Waals surface area contributed by atoms with Crippen molar-refractivity contribution in [3.05, 3.63) is 63.0 Å². The van der Waals surface area contributed by atoms with E-state index in [1.165, 1.54) is 32.0 Å². The number of anilines is 2. The van der Waals surface area contributed by atoms with Crippen molar-refractivity contribution in [3.8, 4) is 0 Å². The van der Waals surface area contributed by atoms with Crippen molar-refractivity contribution in [1.29, 1.82) is 0 Å². The normalized spacial score (nSPS) is 11.0. The second-order valence-electron chi connectivity index (χ2n) is 6.54. The molecule has 2 amide bonds. The SMILES string of the molecule is Cc1c(F)cc(C(=O)NCC(F)(F)F)cc1NCC(=O)Nc1cccc([N+](=O)[O-])c1C. The maximum absolute atomic E-state index is 14.1. The summed E-state index contributed by atoms with van der Waals surface area (Å²) in [5, 5.41) is 17.7. The van der Waals surface area contributed by atoms with Gasteiger partial charge in [0.15, 0.2) is 0 Å². The summed E-state index contributed by atoms with van der Waals surface area (Å²) in [6.07, 6.45) is -4.62. The van der Waals surface area contributed by atoms with Crippen LogP contribution in [0.5, 0.6) is 0 Å². The van der Waals surface area contributed by atoms with Gasteiger partial charge in [-0.25, -0.2) is 4.39 Å². The highest BCUT2D eigenvalue weighted by molar-refractivity contribution is 5.97. The lowest BCUT2D eigenvalue weighted by atomic mass is 10.1. The van der Waals surface area contributed by atoms with Crippen molar-refractivity contribution in [1.82, 2.24) is 5.32 Å². The smallest absolute Gasteiger partial charge is 0.376 e. The number of nitrogens with one attached hydrogen (secondary N) is 3. The molecule has 2 aromatic carbocycles. The Morgan fingerprint density at radius 2 is 1.77 bits per heavy atom. The second-order valence-corrected chi connectivity index (χ2v) is 6.54. The molecule has 31 heavy (non-hydrogen) atoms. The number of nitrogens with zero attached hydrogens (tertiary/aromatic N) is 1. The summed E-state index contributed by atoms with van der Waals surface area (Å²) < 4.78 is 50.9. The Kier molecular flexibility index (Phi) is 7.16. The molecule has 0 atom stereocenters. The first-order valence-electron chi connectivity index (χ1n) is 8.82. The van der Waals surface area contributed by atoms with E-state index >= 15 is 0 Å². The number of benzene rings is 2. The van der Waals surface area contributed by atoms with Crippen LogP contribution in [-0.2, 0) is 4.79 Å². The third kappa shape index (κ3) is 6.39. The van der Waals surface area contributed by atoms with Gasteiger partial charge in [0.2, 0.25) is 5.91 Å². The van der Waals surface area contributed by atoms with Crippen LogP contribution in [0.25, 0.3) is 0 Å². The van der Waals surface area contributed by atoms with Gasteiger partial charge in [0, 0.05) is 22.9 Å². The van der Waals surface area contributed by atoms with Gasteiger partial charge in [-0.15, -0.1) is 0 Å². The van der Waals surface area contributed by atoms with E-state index in [-0.39, 0.29) is 33.8 Å². The molecule has 2 aromatic rings. The predicted molar refractivity (Wildman–Crippen MR) is 104 cm³/mol. The number of hydrogen-bond acceptors (Lipinski definition) is 5. The molecule has 166 valence electrons. The van der Waals surface area contributed by atoms with Gasteiger partial charge in [0.05, 0.1) is 22.7 Å². The third-order valence-electron chi connectivity index (χ3n) is 4.27. The summed E-state index contributed by atoms with van der Waals surface area (Å²) >= 11 is 0. The Balaban J connectivity index is 2.10. The highest BCUT2D eigenvalue weighted by atomic mass is 19.4. The van der Waals surface area contributed by atoms with E-state index in [0.29, 0.717) is 0 Å². The minimum atomic E-state index is -4.62. The van der Waals surface area contributed by atoms with Crippen LogP contribution >= 0.6 is 0 Å². The van der Waals surface area contributed by atoms with Crippen LogP contribution < -0.4 is 16.0 Å². The molecule has 0 radical (unpaired) electrons. The van der Waals surface area contributed by atoms with Crippen molar-refractivity contribution >= 4 is 28.9 Å². The number of halogens is 4. The largest absolute Gasteiger partial charge is 0.405 e. The Morgan fingerprint density at radius 3 is 2.39 bits per heavy atom. The third-order valence-corrected chi connectivity index (χ3v) is 4.27. The lowest BCUT2D eigenvalue weighted by Gasteiger charge is -2.14. The van der Waals surface area contributed by atoms with E-state index in [4.69, 9.17) is 0 Å². The van der Waals surface area contributed by atoms with Gasteiger partial charge in [0.1, 0.15) is 12.4 Å². The molecule has 0 aliphatic rings. The Hall–Kier alpha value is -3.70. The number of carbonyl (C=O) groups excluding carboxylic acids is 2. The standard InChI is InChI=1S/C19H18F4N4O4/c1-10-13(20)6-12(18(29)25-9-19(21,22)23)7-15(10)24-8-17(28)26-14-4-3-5-16(11(14)2)27(30)31/h3-7,24H,8-9H2,1-2H3,(H,25,29)(H,26,28). The topological polar surface area (TPSA) is 113 Å². The number of hydrogen-bond donors (Lipinski definition) is 3. The van der Waals surface area contributed by atoms with Crippen LogP contribution in [0.1, 0.15) is 21.5 Å². The Bertz CT molecular complexity index is 1020. The van der Waals surface area contributed by atoms with E-state index < -0.39 is 41.8 Å². The van der Waals surface area contributed by atoms with Crippen LogP contribution in [0.4, 0.5) is 34.6 Å². The number of rotatable bonds is 7. The van der Waals surface area contributed by atoms with Gasteiger partial charge in [0.25, 0.3) is 11.6 Å². The van der Waals surface area contributed by atoms with Crippen molar-refractivity contribution in [3.63, 3.8) is 0 Å². The lowest BCUT2D eigenvalue weighted by Crippen LogP contribution is -2.33. The van der Waals surface area contributed by atoms with E-state index in [9.17, 15) is 37.3 Å². The van der Waals surface area contributed by atoms with Crippen molar-refractivity contribution in [2.24, 2.45) is 0 Å². The zero-order chi connectivity index (χ0) is 23.3. The maximum Gasteiger partial charge on any atom is 0.405 e. The Morgan fingerprint density at radius 1 is 1.10 bits per heavy atom. The average molecular weight is 442 g/mol. The number of carbonyl (C=O) groups is 2. The van der Waals surface area contributed by atoms with Gasteiger partial charge in [-0.3, -0.25) is 19.7 Å². The molecule has 0 spiro atoms. The molecule has 0 heterocycles. The van der Waals surface area contributed by atoms with Crippen LogP contribution in [-0.4, -0.2) is 36.0 Å². The highest BCUT2D eigenvalue weighted by Gasteiger charge is 2.28. The molecule has 0 aromatic heterocycles. The molecular formula is C19H18F4N4O4. The van der Waals surface area contributed by atoms with Gasteiger partial charge in [-0.05, 0) is 32.0 Å². The molecule has 12 heteroatoms. The molecule has 0 bridgehead atoms. The fourth-order valence-corrected chi connectivity index (χ4v) is 2.60. The maximum atomic E-state index is 14.1. The molecular weight excluding hydrogens is 424 g/mol. The summed E-state index contributed by atoms with van der Waals surface area (Å²) in [4.78, 5) is 34.5. The molecule has 0 aliphatic carbocycles. The molecule has 3 N–H and O–H groups in total. The van der Waals surface area contributed by atoms with Crippen LogP contribution in [0.15, 0.2) is 30.3 Å². The van der Waals surface area contributed by atoms with Crippen molar-refractivity contribution in [2.45, 2.75) is 20.0 Å². The first-order chi connectivity index (χ1) is 14.4. The minimum Gasteiger partial charge on any atom is -0.376 e. The molecule has 2 rings (SSSR count). The molecule has 8 nitrogen and oxygen atoms in total. The minimum absolute atomic E-state index is 0.0306.